The molecule has 2 aromatic rings. The van der Waals surface area contributed by atoms with Crippen LogP contribution in [0.15, 0.2) is 47.4 Å². The molecule has 0 radical (unpaired) electrons. The summed E-state index contributed by atoms with van der Waals surface area (Å²) in [5, 5.41) is 2.91. The Morgan fingerprint density at radius 3 is 2.33 bits per heavy atom. The summed E-state index contributed by atoms with van der Waals surface area (Å²) in [6.07, 6.45) is 0.751. The van der Waals surface area contributed by atoms with Crippen LogP contribution in [0.1, 0.15) is 28.8 Å². The van der Waals surface area contributed by atoms with Crippen LogP contribution in [0.2, 0.25) is 0 Å². The molecule has 1 fully saturated rings. The van der Waals surface area contributed by atoms with Crippen molar-refractivity contribution in [3.8, 4) is 11.5 Å². The van der Waals surface area contributed by atoms with Crippen LogP contribution < -0.4 is 14.8 Å². The molecule has 0 aromatic heterocycles. The van der Waals surface area contributed by atoms with E-state index in [1.165, 1.54) is 30.7 Å². The van der Waals surface area contributed by atoms with Crippen molar-refractivity contribution in [1.29, 1.82) is 0 Å². The Labute approximate surface area is 193 Å². The lowest BCUT2D eigenvalue weighted by Gasteiger charge is -2.31. The molecular weight excluding hydrogens is 448 g/mol. The van der Waals surface area contributed by atoms with Gasteiger partial charge in [-0.05, 0) is 31.0 Å². The second-order valence-electron chi connectivity index (χ2n) is 7.54. The summed E-state index contributed by atoms with van der Waals surface area (Å²) < 4.78 is 43.0. The number of carbonyl (C=O) groups is 2. The van der Waals surface area contributed by atoms with Gasteiger partial charge in [-0.15, -0.1) is 0 Å². The number of methoxy groups -OCH3 is 3. The third-order valence-corrected chi connectivity index (χ3v) is 7.63. The fraction of sp³-hybridized carbons (Fsp3) is 0.391. The topological polar surface area (TPSA) is 111 Å². The first-order chi connectivity index (χ1) is 15.8. The first-order valence-electron chi connectivity index (χ1n) is 10.5. The summed E-state index contributed by atoms with van der Waals surface area (Å²) in [6.45, 7) is 0.626. The van der Waals surface area contributed by atoms with Gasteiger partial charge in [-0.3, -0.25) is 4.79 Å². The SMILES string of the molecule is COC(=O)c1ccccc1S(=O)(=O)N1CCC(C(=O)NCc2cccc(OC)c2OC)CC1. The van der Waals surface area contributed by atoms with Crippen LogP contribution in [0.4, 0.5) is 0 Å². The highest BCUT2D eigenvalue weighted by Crippen LogP contribution is 2.31. The van der Waals surface area contributed by atoms with E-state index in [1.54, 1.807) is 25.3 Å². The third kappa shape index (κ3) is 5.28. The zero-order valence-electron chi connectivity index (χ0n) is 18.9. The lowest BCUT2D eigenvalue weighted by atomic mass is 9.97. The molecule has 0 spiro atoms. The Morgan fingerprint density at radius 2 is 1.70 bits per heavy atom. The molecule has 1 amide bonds. The van der Waals surface area contributed by atoms with Crippen molar-refractivity contribution in [3.63, 3.8) is 0 Å². The smallest absolute Gasteiger partial charge is 0.339 e. The molecule has 1 heterocycles. The van der Waals surface area contributed by atoms with Crippen LogP contribution in [0.5, 0.6) is 11.5 Å². The molecule has 1 aliphatic heterocycles. The minimum absolute atomic E-state index is 0.00731. The molecule has 33 heavy (non-hydrogen) atoms. The van der Waals surface area contributed by atoms with E-state index in [4.69, 9.17) is 14.2 Å². The van der Waals surface area contributed by atoms with E-state index in [2.05, 4.69) is 5.32 Å². The second kappa shape index (κ2) is 10.7. The van der Waals surface area contributed by atoms with Crippen LogP contribution in [0.25, 0.3) is 0 Å². The number of benzene rings is 2. The van der Waals surface area contributed by atoms with E-state index < -0.39 is 16.0 Å². The van der Waals surface area contributed by atoms with Gasteiger partial charge in [0.1, 0.15) is 0 Å². The summed E-state index contributed by atoms with van der Waals surface area (Å²) in [4.78, 5) is 24.6. The monoisotopic (exact) mass is 476 g/mol. The zero-order valence-corrected chi connectivity index (χ0v) is 19.7. The van der Waals surface area contributed by atoms with Gasteiger partial charge in [0, 0.05) is 31.1 Å². The highest BCUT2D eigenvalue weighted by atomic mass is 32.2. The van der Waals surface area contributed by atoms with E-state index in [0.29, 0.717) is 24.3 Å². The van der Waals surface area contributed by atoms with Gasteiger partial charge in [0.2, 0.25) is 15.9 Å². The first-order valence-corrected chi connectivity index (χ1v) is 11.9. The van der Waals surface area contributed by atoms with Crippen molar-refractivity contribution in [2.75, 3.05) is 34.4 Å². The molecule has 178 valence electrons. The number of piperidine rings is 1. The molecule has 10 heteroatoms. The van der Waals surface area contributed by atoms with Gasteiger partial charge >= 0.3 is 5.97 Å². The molecule has 0 saturated carbocycles. The molecule has 0 unspecified atom stereocenters. The van der Waals surface area contributed by atoms with Gasteiger partial charge in [-0.1, -0.05) is 24.3 Å². The lowest BCUT2D eigenvalue weighted by molar-refractivity contribution is -0.126. The quantitative estimate of drug-likeness (QED) is 0.582. The maximum Gasteiger partial charge on any atom is 0.339 e. The molecule has 0 atom stereocenters. The standard InChI is InChI=1S/C23H28N2O7S/c1-30-19-9-6-7-17(21(19)31-2)15-24-22(26)16-11-13-25(14-12-16)33(28,29)20-10-5-4-8-18(20)23(27)32-3/h4-10,16H,11-15H2,1-3H3,(H,24,26). The number of rotatable bonds is 8. The van der Waals surface area contributed by atoms with E-state index in [1.807, 2.05) is 12.1 Å². The number of nitrogens with zero attached hydrogens (tertiary/aromatic N) is 1. The van der Waals surface area contributed by atoms with Crippen LogP contribution in [0.3, 0.4) is 0 Å². The van der Waals surface area contributed by atoms with Gasteiger partial charge in [0.15, 0.2) is 11.5 Å². The minimum Gasteiger partial charge on any atom is -0.493 e. The van der Waals surface area contributed by atoms with E-state index in [-0.39, 0.29) is 41.9 Å². The lowest BCUT2D eigenvalue weighted by Crippen LogP contribution is -2.43. The molecule has 9 nitrogen and oxygen atoms in total. The molecule has 1 N–H and O–H groups in total. The van der Waals surface area contributed by atoms with Crippen molar-refractivity contribution in [2.24, 2.45) is 5.92 Å². The summed E-state index contributed by atoms with van der Waals surface area (Å²) in [5.41, 5.74) is 0.775. The number of hydrogen-bond acceptors (Lipinski definition) is 7. The van der Waals surface area contributed by atoms with Crippen molar-refractivity contribution >= 4 is 21.9 Å². The second-order valence-corrected chi connectivity index (χ2v) is 9.44. The van der Waals surface area contributed by atoms with E-state index in [9.17, 15) is 18.0 Å². The van der Waals surface area contributed by atoms with Gasteiger partial charge in [-0.2, -0.15) is 4.31 Å². The Hall–Kier alpha value is -3.11. The normalized spacial score (nSPS) is 15.0. The molecule has 0 aliphatic carbocycles. The summed E-state index contributed by atoms with van der Waals surface area (Å²) in [7, 11) is 0.393. The molecule has 1 saturated heterocycles. The van der Waals surface area contributed by atoms with Crippen LogP contribution in [-0.2, 0) is 26.1 Å². The average molecular weight is 477 g/mol. The predicted octanol–water partition coefficient (Wildman–Crippen LogP) is 2.21. The van der Waals surface area contributed by atoms with Gasteiger partial charge in [-0.25, -0.2) is 13.2 Å². The number of nitrogens with one attached hydrogen (secondary N) is 1. The Balaban J connectivity index is 1.63. The average Bonchev–Trinajstić information content (AvgIpc) is 2.86. The molecular formula is C23H28N2O7S. The molecule has 0 bridgehead atoms. The number of ether oxygens (including phenoxy) is 3. The number of amides is 1. The molecule has 1 aliphatic rings. The van der Waals surface area contributed by atoms with Crippen molar-refractivity contribution < 1.29 is 32.2 Å². The van der Waals surface area contributed by atoms with Crippen LogP contribution >= 0.6 is 0 Å². The first kappa shape index (κ1) is 24.5. The Morgan fingerprint density at radius 1 is 1.00 bits per heavy atom. The van der Waals surface area contributed by atoms with Crippen LogP contribution in [0, 0.1) is 5.92 Å². The summed E-state index contributed by atoms with van der Waals surface area (Å²) in [5.74, 6) is -0.0346. The molecule has 3 rings (SSSR count). The fourth-order valence-electron chi connectivity index (χ4n) is 3.89. The number of carbonyl (C=O) groups excluding carboxylic acids is 2. The number of esters is 1. The van der Waals surface area contributed by atoms with Crippen molar-refractivity contribution in [2.45, 2.75) is 24.3 Å². The van der Waals surface area contributed by atoms with Gasteiger partial charge in [0.05, 0.1) is 31.8 Å². The maximum absolute atomic E-state index is 13.1. The van der Waals surface area contributed by atoms with Crippen molar-refractivity contribution in [1.82, 2.24) is 9.62 Å². The Kier molecular flexibility index (Phi) is 7.93. The highest BCUT2D eigenvalue weighted by molar-refractivity contribution is 7.89. The third-order valence-electron chi connectivity index (χ3n) is 5.67. The number of hydrogen-bond donors (Lipinski definition) is 1. The van der Waals surface area contributed by atoms with Crippen LogP contribution in [-0.4, -0.2) is 59.0 Å². The van der Waals surface area contributed by atoms with Gasteiger partial charge in [0.25, 0.3) is 0 Å². The number of sulfonamides is 1. The summed E-state index contributed by atoms with van der Waals surface area (Å²) >= 11 is 0. The van der Waals surface area contributed by atoms with E-state index in [0.717, 1.165) is 5.56 Å². The summed E-state index contributed by atoms with van der Waals surface area (Å²) in [6, 6.07) is 11.4. The van der Waals surface area contributed by atoms with E-state index >= 15 is 0 Å². The van der Waals surface area contributed by atoms with Gasteiger partial charge < -0.3 is 19.5 Å². The molecule has 2 aromatic carbocycles. The maximum atomic E-state index is 13.1. The zero-order chi connectivity index (χ0) is 24.0. The highest BCUT2D eigenvalue weighted by Gasteiger charge is 2.34. The Bertz CT molecular complexity index is 1110. The predicted molar refractivity (Wildman–Crippen MR) is 121 cm³/mol. The number of para-hydroxylation sites is 1. The fourth-order valence-corrected chi connectivity index (χ4v) is 5.54. The minimum atomic E-state index is -3.90. The largest absolute Gasteiger partial charge is 0.493 e. The van der Waals surface area contributed by atoms with Crippen molar-refractivity contribution in [3.05, 3.63) is 53.6 Å².